The summed E-state index contributed by atoms with van der Waals surface area (Å²) in [4.78, 5) is 16.5. The molecule has 2 atom stereocenters. The standard InChI is InChI=1S/C11H16N2O2S/c1-3-6(2)12-11-13-9-7(10(14)15)4-5-8(9)16-11/h6-7H,3-5H2,1-2H3,(H,12,13)(H,14,15). The molecule has 0 saturated heterocycles. The van der Waals surface area contributed by atoms with Gasteiger partial charge in [-0.05, 0) is 26.2 Å². The average Bonchev–Trinajstić information content (AvgIpc) is 2.75. The number of carboxylic acid groups (broad SMARTS) is 1. The van der Waals surface area contributed by atoms with Gasteiger partial charge in [0.1, 0.15) is 5.92 Å². The van der Waals surface area contributed by atoms with Crippen molar-refractivity contribution >= 4 is 22.4 Å². The average molecular weight is 240 g/mol. The molecular formula is C11H16N2O2S. The van der Waals surface area contributed by atoms with Gasteiger partial charge in [0.05, 0.1) is 5.69 Å². The van der Waals surface area contributed by atoms with Gasteiger partial charge in [0, 0.05) is 10.9 Å². The Labute approximate surface area is 98.7 Å². The topological polar surface area (TPSA) is 62.2 Å². The summed E-state index contributed by atoms with van der Waals surface area (Å²) in [6, 6.07) is 0.384. The first-order valence-electron chi connectivity index (χ1n) is 5.60. The van der Waals surface area contributed by atoms with Crippen LogP contribution in [0.15, 0.2) is 0 Å². The first-order valence-corrected chi connectivity index (χ1v) is 6.42. The molecule has 0 saturated carbocycles. The molecule has 16 heavy (non-hydrogen) atoms. The van der Waals surface area contributed by atoms with Crippen molar-refractivity contribution in [2.45, 2.75) is 45.1 Å². The molecule has 1 aromatic rings. The van der Waals surface area contributed by atoms with Crippen LogP contribution in [0.3, 0.4) is 0 Å². The van der Waals surface area contributed by atoms with Crippen molar-refractivity contribution in [1.82, 2.24) is 4.98 Å². The van der Waals surface area contributed by atoms with E-state index in [0.29, 0.717) is 12.5 Å². The lowest BCUT2D eigenvalue weighted by Gasteiger charge is -2.09. The van der Waals surface area contributed by atoms with E-state index in [2.05, 4.69) is 24.1 Å². The van der Waals surface area contributed by atoms with Gasteiger partial charge >= 0.3 is 5.97 Å². The van der Waals surface area contributed by atoms with E-state index in [1.807, 2.05) is 0 Å². The maximum absolute atomic E-state index is 11.0. The normalized spacial score (nSPS) is 20.5. The fraction of sp³-hybridized carbons (Fsp3) is 0.636. The lowest BCUT2D eigenvalue weighted by molar-refractivity contribution is -0.138. The van der Waals surface area contributed by atoms with E-state index in [9.17, 15) is 4.79 Å². The number of anilines is 1. The van der Waals surface area contributed by atoms with Gasteiger partial charge in [-0.3, -0.25) is 4.79 Å². The van der Waals surface area contributed by atoms with E-state index in [0.717, 1.165) is 28.5 Å². The molecule has 2 N–H and O–H groups in total. The molecule has 1 heterocycles. The van der Waals surface area contributed by atoms with Gasteiger partial charge in [-0.15, -0.1) is 11.3 Å². The van der Waals surface area contributed by atoms with Gasteiger partial charge in [-0.25, -0.2) is 4.98 Å². The molecule has 0 aromatic carbocycles. The summed E-state index contributed by atoms with van der Waals surface area (Å²) >= 11 is 1.60. The molecule has 5 heteroatoms. The number of nitrogens with one attached hydrogen (secondary N) is 1. The molecular weight excluding hydrogens is 224 g/mol. The molecule has 0 bridgehead atoms. The number of aryl methyl sites for hydroxylation is 1. The highest BCUT2D eigenvalue weighted by Gasteiger charge is 2.32. The second kappa shape index (κ2) is 4.41. The number of nitrogens with zero attached hydrogens (tertiary/aromatic N) is 1. The zero-order valence-corrected chi connectivity index (χ0v) is 10.3. The van der Waals surface area contributed by atoms with Crippen molar-refractivity contribution in [3.63, 3.8) is 0 Å². The SMILES string of the molecule is CCC(C)Nc1nc2c(s1)CCC2C(=O)O. The number of aromatic nitrogens is 1. The number of hydrogen-bond donors (Lipinski definition) is 2. The Balaban J connectivity index is 2.16. The van der Waals surface area contributed by atoms with E-state index in [1.165, 1.54) is 0 Å². The van der Waals surface area contributed by atoms with Crippen molar-refractivity contribution < 1.29 is 9.90 Å². The number of carbonyl (C=O) groups is 1. The highest BCUT2D eigenvalue weighted by molar-refractivity contribution is 7.15. The quantitative estimate of drug-likeness (QED) is 0.848. The summed E-state index contributed by atoms with van der Waals surface area (Å²) in [5.41, 5.74) is 0.781. The zero-order chi connectivity index (χ0) is 11.7. The number of fused-ring (bicyclic) bond motifs is 1. The third-order valence-electron chi connectivity index (χ3n) is 3.00. The van der Waals surface area contributed by atoms with Crippen LogP contribution in [0.1, 0.15) is 43.2 Å². The number of carboxylic acids is 1. The first-order chi connectivity index (χ1) is 7.61. The number of hydrogen-bond acceptors (Lipinski definition) is 4. The monoisotopic (exact) mass is 240 g/mol. The van der Waals surface area contributed by atoms with E-state index < -0.39 is 11.9 Å². The van der Waals surface area contributed by atoms with Crippen LogP contribution in [0.2, 0.25) is 0 Å². The number of thiazole rings is 1. The van der Waals surface area contributed by atoms with E-state index >= 15 is 0 Å². The third kappa shape index (κ3) is 2.04. The Morgan fingerprint density at radius 2 is 2.50 bits per heavy atom. The van der Waals surface area contributed by atoms with Gasteiger partial charge in [0.15, 0.2) is 5.13 Å². The Hall–Kier alpha value is -1.10. The van der Waals surface area contributed by atoms with Crippen LogP contribution in [0, 0.1) is 0 Å². The Morgan fingerprint density at radius 1 is 1.75 bits per heavy atom. The van der Waals surface area contributed by atoms with Gasteiger partial charge in [-0.2, -0.15) is 0 Å². The minimum Gasteiger partial charge on any atom is -0.481 e. The second-order valence-corrected chi connectivity index (χ2v) is 5.29. The maximum atomic E-state index is 11.0. The molecule has 2 unspecified atom stereocenters. The van der Waals surface area contributed by atoms with Crippen LogP contribution >= 0.6 is 11.3 Å². The minimum atomic E-state index is -0.751. The zero-order valence-electron chi connectivity index (χ0n) is 9.49. The number of rotatable bonds is 4. The molecule has 0 fully saturated rings. The van der Waals surface area contributed by atoms with Crippen molar-refractivity contribution in [2.24, 2.45) is 0 Å². The van der Waals surface area contributed by atoms with Crippen LogP contribution in [0.5, 0.6) is 0 Å². The Morgan fingerprint density at radius 3 is 3.12 bits per heavy atom. The molecule has 0 aliphatic heterocycles. The molecule has 4 nitrogen and oxygen atoms in total. The summed E-state index contributed by atoms with van der Waals surface area (Å²) < 4.78 is 0. The van der Waals surface area contributed by atoms with Crippen LogP contribution in [-0.2, 0) is 11.2 Å². The molecule has 2 rings (SSSR count). The van der Waals surface area contributed by atoms with Crippen LogP contribution in [-0.4, -0.2) is 22.1 Å². The fourth-order valence-electron chi connectivity index (χ4n) is 1.84. The summed E-state index contributed by atoms with van der Waals surface area (Å²) in [5, 5.41) is 13.2. The molecule has 1 aromatic heterocycles. The third-order valence-corrected chi connectivity index (χ3v) is 4.06. The molecule has 0 spiro atoms. The van der Waals surface area contributed by atoms with Gasteiger partial charge in [-0.1, -0.05) is 6.92 Å². The van der Waals surface area contributed by atoms with Crippen molar-refractivity contribution in [1.29, 1.82) is 0 Å². The fourth-order valence-corrected chi connectivity index (χ4v) is 2.99. The van der Waals surface area contributed by atoms with Gasteiger partial charge in [0.25, 0.3) is 0 Å². The Kier molecular flexibility index (Phi) is 3.14. The lowest BCUT2D eigenvalue weighted by Crippen LogP contribution is -2.14. The molecule has 0 radical (unpaired) electrons. The largest absolute Gasteiger partial charge is 0.481 e. The van der Waals surface area contributed by atoms with Crippen LogP contribution in [0.4, 0.5) is 5.13 Å². The van der Waals surface area contributed by atoms with Crippen molar-refractivity contribution in [3.05, 3.63) is 10.6 Å². The predicted octanol–water partition coefficient (Wildman–Crippen LogP) is 2.47. The molecule has 0 amide bonds. The Bertz CT molecular complexity index is 403. The van der Waals surface area contributed by atoms with E-state index in [1.54, 1.807) is 11.3 Å². The summed E-state index contributed by atoms with van der Waals surface area (Å²) in [5.74, 6) is -1.14. The summed E-state index contributed by atoms with van der Waals surface area (Å²) in [6.45, 7) is 4.21. The highest BCUT2D eigenvalue weighted by Crippen LogP contribution is 2.38. The smallest absolute Gasteiger partial charge is 0.312 e. The van der Waals surface area contributed by atoms with E-state index in [4.69, 9.17) is 5.11 Å². The maximum Gasteiger partial charge on any atom is 0.312 e. The predicted molar refractivity (Wildman–Crippen MR) is 64.2 cm³/mol. The van der Waals surface area contributed by atoms with Crippen LogP contribution in [0.25, 0.3) is 0 Å². The van der Waals surface area contributed by atoms with Gasteiger partial charge in [0.2, 0.25) is 0 Å². The molecule has 1 aliphatic rings. The van der Waals surface area contributed by atoms with Crippen molar-refractivity contribution in [2.75, 3.05) is 5.32 Å². The first kappa shape index (κ1) is 11.4. The molecule has 88 valence electrons. The summed E-state index contributed by atoms with van der Waals surface area (Å²) in [6.07, 6.45) is 2.59. The summed E-state index contributed by atoms with van der Waals surface area (Å²) in [7, 11) is 0. The molecule has 1 aliphatic carbocycles. The number of aliphatic carboxylic acids is 1. The van der Waals surface area contributed by atoms with Gasteiger partial charge < -0.3 is 10.4 Å². The van der Waals surface area contributed by atoms with E-state index in [-0.39, 0.29) is 0 Å². The second-order valence-electron chi connectivity index (χ2n) is 4.21. The minimum absolute atomic E-state index is 0.384. The highest BCUT2D eigenvalue weighted by atomic mass is 32.1. The van der Waals surface area contributed by atoms with Crippen LogP contribution < -0.4 is 5.32 Å². The lowest BCUT2D eigenvalue weighted by atomic mass is 10.1. The van der Waals surface area contributed by atoms with Crippen molar-refractivity contribution in [3.8, 4) is 0 Å².